The molecule has 46 heavy (non-hydrogen) atoms. The smallest absolute Gasteiger partial charge is 0.143 e. The van der Waals surface area contributed by atoms with Gasteiger partial charge in [0.1, 0.15) is 33.8 Å². The molecule has 0 fully saturated rings. The number of hydrogen-bond donors (Lipinski definition) is 0. The van der Waals surface area contributed by atoms with Crippen LogP contribution in [0.15, 0.2) is 142 Å². The predicted molar refractivity (Wildman–Crippen MR) is 188 cm³/mol. The normalized spacial score (nSPS) is 13.8. The van der Waals surface area contributed by atoms with Crippen LogP contribution in [-0.4, -0.2) is 0 Å². The van der Waals surface area contributed by atoms with Crippen molar-refractivity contribution >= 4 is 54.6 Å². The van der Waals surface area contributed by atoms with E-state index in [0.717, 1.165) is 83.0 Å². The van der Waals surface area contributed by atoms with Crippen molar-refractivity contribution in [2.24, 2.45) is 0 Å². The van der Waals surface area contributed by atoms with Gasteiger partial charge < -0.3 is 13.6 Å². The lowest BCUT2D eigenvalue weighted by atomic mass is 9.75. The fourth-order valence-corrected chi connectivity index (χ4v) is 7.56. The van der Waals surface area contributed by atoms with Crippen molar-refractivity contribution in [1.29, 1.82) is 0 Å². The highest BCUT2D eigenvalue weighted by atomic mass is 16.5. The minimum atomic E-state index is -0.135. The summed E-state index contributed by atoms with van der Waals surface area (Å²) in [6.45, 7) is 4.53. The average molecular weight is 593 g/mol. The second kappa shape index (κ2) is 9.12. The maximum atomic E-state index is 6.55. The van der Waals surface area contributed by atoms with Crippen LogP contribution in [0.2, 0.25) is 0 Å². The van der Waals surface area contributed by atoms with Gasteiger partial charge in [0.2, 0.25) is 0 Å². The molecule has 1 aliphatic rings. The molecule has 3 heterocycles. The Kier molecular flexibility index (Phi) is 5.06. The van der Waals surface area contributed by atoms with Crippen molar-refractivity contribution in [3.05, 3.63) is 145 Å². The van der Waals surface area contributed by atoms with Gasteiger partial charge in [0.15, 0.2) is 0 Å². The maximum Gasteiger partial charge on any atom is 0.143 e. The first kappa shape index (κ1) is 25.5. The Hall–Kier alpha value is -5.80. The summed E-state index contributed by atoms with van der Waals surface area (Å²) in [5, 5.41) is 6.77. The van der Waals surface area contributed by atoms with Crippen LogP contribution >= 0.6 is 0 Å². The molecule has 0 radical (unpaired) electrons. The zero-order chi connectivity index (χ0) is 30.6. The third-order valence-electron chi connectivity index (χ3n) is 9.94. The molecule has 0 atom stereocenters. The van der Waals surface area contributed by atoms with Crippen molar-refractivity contribution < 1.29 is 13.6 Å². The van der Waals surface area contributed by atoms with E-state index < -0.39 is 0 Å². The zero-order valence-electron chi connectivity index (χ0n) is 25.4. The Morgan fingerprint density at radius 1 is 0.457 bits per heavy atom. The van der Waals surface area contributed by atoms with Crippen molar-refractivity contribution in [2.45, 2.75) is 19.3 Å². The van der Waals surface area contributed by atoms with E-state index in [4.69, 9.17) is 13.6 Å². The van der Waals surface area contributed by atoms with Gasteiger partial charge in [0.25, 0.3) is 0 Å². The lowest BCUT2D eigenvalue weighted by Crippen LogP contribution is -2.24. The summed E-state index contributed by atoms with van der Waals surface area (Å²) >= 11 is 0. The zero-order valence-corrected chi connectivity index (χ0v) is 25.4. The minimum Gasteiger partial charge on any atom is -0.457 e. The number of furan rings is 2. The van der Waals surface area contributed by atoms with Gasteiger partial charge in [-0.05, 0) is 76.2 Å². The fraction of sp³-hybridized carbons (Fsp3) is 0.0698. The molecule has 0 saturated carbocycles. The van der Waals surface area contributed by atoms with Crippen molar-refractivity contribution in [3.8, 4) is 33.8 Å². The number of fused-ring (bicyclic) bond motifs is 10. The molecule has 9 aromatic rings. The third-order valence-corrected chi connectivity index (χ3v) is 9.94. The van der Waals surface area contributed by atoms with E-state index in [0.29, 0.717) is 0 Å². The molecule has 0 unspecified atom stereocenters. The van der Waals surface area contributed by atoms with Crippen LogP contribution in [0.25, 0.3) is 76.9 Å². The molecule has 0 bridgehead atoms. The fourth-order valence-electron chi connectivity index (χ4n) is 7.56. The van der Waals surface area contributed by atoms with E-state index in [1.54, 1.807) is 0 Å². The first-order valence-electron chi connectivity index (χ1n) is 15.7. The maximum absolute atomic E-state index is 6.55. The quantitative estimate of drug-likeness (QED) is 0.200. The summed E-state index contributed by atoms with van der Waals surface area (Å²) < 4.78 is 19.4. The van der Waals surface area contributed by atoms with Crippen LogP contribution in [0.4, 0.5) is 0 Å². The lowest BCUT2D eigenvalue weighted by molar-refractivity contribution is 0.418. The number of para-hydroxylation sites is 1. The van der Waals surface area contributed by atoms with Crippen molar-refractivity contribution in [1.82, 2.24) is 0 Å². The molecule has 0 aliphatic carbocycles. The predicted octanol–water partition coefficient (Wildman–Crippen LogP) is 12.4. The third kappa shape index (κ3) is 3.54. The molecular weight excluding hydrogens is 564 g/mol. The largest absolute Gasteiger partial charge is 0.457 e. The second-order valence-corrected chi connectivity index (χ2v) is 12.9. The van der Waals surface area contributed by atoms with Crippen LogP contribution in [0.1, 0.15) is 25.0 Å². The summed E-state index contributed by atoms with van der Waals surface area (Å²) in [5.74, 6) is 1.83. The van der Waals surface area contributed by atoms with E-state index in [-0.39, 0.29) is 5.41 Å². The molecule has 0 spiro atoms. The van der Waals surface area contributed by atoms with E-state index in [1.165, 1.54) is 16.5 Å². The molecule has 218 valence electrons. The highest BCUT2D eigenvalue weighted by Crippen LogP contribution is 2.49. The van der Waals surface area contributed by atoms with Gasteiger partial charge in [0.05, 0.1) is 0 Å². The number of benzene rings is 7. The van der Waals surface area contributed by atoms with Crippen LogP contribution in [0.5, 0.6) is 11.5 Å². The summed E-state index contributed by atoms with van der Waals surface area (Å²) in [6, 6.07) is 47.0. The number of rotatable bonds is 2. The summed E-state index contributed by atoms with van der Waals surface area (Å²) in [5.41, 5.74) is 10.3. The van der Waals surface area contributed by atoms with Crippen LogP contribution < -0.4 is 4.74 Å². The monoisotopic (exact) mass is 592 g/mol. The Bertz CT molecular complexity index is 2700. The summed E-state index contributed by atoms with van der Waals surface area (Å²) in [7, 11) is 0. The average Bonchev–Trinajstić information content (AvgIpc) is 3.66. The summed E-state index contributed by atoms with van der Waals surface area (Å²) in [6.07, 6.45) is 0. The molecule has 0 amide bonds. The van der Waals surface area contributed by atoms with Crippen molar-refractivity contribution in [2.75, 3.05) is 0 Å². The highest BCUT2D eigenvalue weighted by molar-refractivity contribution is 6.19. The molecular formula is C43H28O3. The van der Waals surface area contributed by atoms with Gasteiger partial charge in [-0.25, -0.2) is 0 Å². The summed E-state index contributed by atoms with van der Waals surface area (Å²) in [4.78, 5) is 0. The highest BCUT2D eigenvalue weighted by Gasteiger charge is 2.34. The SMILES string of the molecule is CC1(C)c2ccccc2Oc2cc(-c3ccc4c(c3)oc3cc(-c5cccc6oc7c8ccccc8ccc7c56)ccc34)ccc21. The lowest BCUT2D eigenvalue weighted by Gasteiger charge is -2.34. The van der Waals surface area contributed by atoms with Crippen LogP contribution in [0.3, 0.4) is 0 Å². The Morgan fingerprint density at radius 3 is 2.04 bits per heavy atom. The molecule has 0 N–H and O–H groups in total. The van der Waals surface area contributed by atoms with E-state index in [9.17, 15) is 0 Å². The Morgan fingerprint density at radius 2 is 1.15 bits per heavy atom. The Balaban J connectivity index is 1.07. The van der Waals surface area contributed by atoms with Crippen molar-refractivity contribution in [3.63, 3.8) is 0 Å². The minimum absolute atomic E-state index is 0.135. The molecule has 0 saturated heterocycles. The molecule has 10 rings (SSSR count). The second-order valence-electron chi connectivity index (χ2n) is 12.9. The number of hydrogen-bond acceptors (Lipinski definition) is 3. The van der Waals surface area contributed by atoms with Gasteiger partial charge in [0, 0.05) is 43.5 Å². The van der Waals surface area contributed by atoms with Gasteiger partial charge in [-0.2, -0.15) is 0 Å². The molecule has 1 aliphatic heterocycles. The first-order chi connectivity index (χ1) is 22.5. The van der Waals surface area contributed by atoms with Gasteiger partial charge in [-0.3, -0.25) is 0 Å². The molecule has 2 aromatic heterocycles. The topological polar surface area (TPSA) is 35.5 Å². The molecule has 3 heteroatoms. The van der Waals surface area contributed by atoms with E-state index in [2.05, 4.69) is 141 Å². The van der Waals surface area contributed by atoms with Crippen LogP contribution in [-0.2, 0) is 5.41 Å². The van der Waals surface area contributed by atoms with Gasteiger partial charge in [-0.15, -0.1) is 0 Å². The van der Waals surface area contributed by atoms with E-state index >= 15 is 0 Å². The number of ether oxygens (including phenoxy) is 1. The standard InChI is InChI=1S/C43H28O3/c1-43(2)34-11-5-6-12-36(34)44-40-23-27(17-21-35(40)43)26-15-18-31-32-19-16-28(24-39(32)45-38(31)22-26)29-10-7-13-37-41(29)33-20-14-25-8-3-4-9-30(25)42(33)46-37/h3-24H,1-2H3. The van der Waals surface area contributed by atoms with E-state index in [1.807, 2.05) is 6.07 Å². The molecule has 7 aromatic carbocycles. The van der Waals surface area contributed by atoms with Gasteiger partial charge >= 0.3 is 0 Å². The Labute approximate surface area is 265 Å². The first-order valence-corrected chi connectivity index (χ1v) is 15.7. The molecule has 3 nitrogen and oxygen atoms in total. The van der Waals surface area contributed by atoms with Crippen LogP contribution in [0, 0.1) is 0 Å². The van der Waals surface area contributed by atoms with Gasteiger partial charge in [-0.1, -0.05) is 98.8 Å².